The van der Waals surface area contributed by atoms with E-state index in [0.29, 0.717) is 11.6 Å². The van der Waals surface area contributed by atoms with E-state index in [2.05, 4.69) is 30.7 Å². The van der Waals surface area contributed by atoms with Crippen molar-refractivity contribution in [1.29, 1.82) is 0 Å². The third kappa shape index (κ3) is 1.59. The Morgan fingerprint density at radius 2 is 2.18 bits per heavy atom. The number of hydrazone groups is 1. The molecule has 3 aromatic rings. The van der Waals surface area contributed by atoms with E-state index in [0.717, 1.165) is 16.4 Å². The number of nitrogens with zero attached hydrogens (tertiary/aromatic N) is 4. The highest BCUT2D eigenvalue weighted by molar-refractivity contribution is 6.03. The fourth-order valence-electron chi connectivity index (χ4n) is 1.69. The lowest BCUT2D eigenvalue weighted by molar-refractivity contribution is 1.01. The Kier molecular flexibility index (Phi) is 2.18. The summed E-state index contributed by atoms with van der Waals surface area (Å²) >= 11 is 0. The number of nitrogens with one attached hydrogen (secondary N) is 2. The van der Waals surface area contributed by atoms with E-state index in [1.807, 2.05) is 31.2 Å². The molecule has 0 saturated heterocycles. The monoisotopic (exact) mass is 226 g/mol. The summed E-state index contributed by atoms with van der Waals surface area (Å²) in [6.07, 6.45) is 1.62. The maximum atomic E-state index is 4.30. The number of aromatic nitrogens is 4. The zero-order chi connectivity index (χ0) is 11.7. The Morgan fingerprint density at radius 1 is 1.29 bits per heavy atom. The van der Waals surface area contributed by atoms with Gasteiger partial charge in [-0.3, -0.25) is 0 Å². The molecular formula is C11H10N6. The topological polar surface area (TPSA) is 78.8 Å². The van der Waals surface area contributed by atoms with Crippen LogP contribution in [0, 0.1) is 0 Å². The third-order valence-electron chi connectivity index (χ3n) is 2.42. The van der Waals surface area contributed by atoms with Crippen LogP contribution in [-0.4, -0.2) is 26.4 Å². The Balaban J connectivity index is 2.19. The fourth-order valence-corrected chi connectivity index (χ4v) is 1.69. The number of H-pyrrole nitrogens is 1. The van der Waals surface area contributed by atoms with Crippen LogP contribution in [0.3, 0.4) is 0 Å². The Bertz CT molecular complexity index is 699. The van der Waals surface area contributed by atoms with E-state index in [4.69, 9.17) is 0 Å². The van der Waals surface area contributed by atoms with Crippen LogP contribution < -0.4 is 5.43 Å². The first-order chi connectivity index (χ1) is 8.38. The van der Waals surface area contributed by atoms with Crippen LogP contribution in [0.25, 0.3) is 22.1 Å². The van der Waals surface area contributed by atoms with Crippen LogP contribution in [0.15, 0.2) is 29.4 Å². The molecule has 84 valence electrons. The van der Waals surface area contributed by atoms with E-state index in [9.17, 15) is 0 Å². The average Bonchev–Trinajstić information content (AvgIpc) is 2.74. The van der Waals surface area contributed by atoms with Crippen LogP contribution >= 0.6 is 0 Å². The summed E-state index contributed by atoms with van der Waals surface area (Å²) < 4.78 is 0. The number of benzene rings is 1. The van der Waals surface area contributed by atoms with Crippen molar-refractivity contribution >= 4 is 34.2 Å². The fraction of sp³-hybridized carbons (Fsp3) is 0.0909. The van der Waals surface area contributed by atoms with E-state index in [1.54, 1.807) is 6.21 Å². The van der Waals surface area contributed by atoms with Crippen molar-refractivity contribution < 1.29 is 0 Å². The number of rotatable bonds is 2. The maximum Gasteiger partial charge on any atom is 0.265 e. The second-order valence-electron chi connectivity index (χ2n) is 3.50. The first-order valence-electron chi connectivity index (χ1n) is 5.23. The van der Waals surface area contributed by atoms with Crippen LogP contribution in [0.2, 0.25) is 0 Å². The van der Waals surface area contributed by atoms with Gasteiger partial charge in [0.15, 0.2) is 5.65 Å². The van der Waals surface area contributed by atoms with Crippen molar-refractivity contribution in [3.63, 3.8) is 0 Å². The average molecular weight is 226 g/mol. The van der Waals surface area contributed by atoms with E-state index < -0.39 is 0 Å². The van der Waals surface area contributed by atoms with E-state index in [1.165, 1.54) is 0 Å². The molecule has 0 unspecified atom stereocenters. The van der Waals surface area contributed by atoms with Crippen molar-refractivity contribution in [3.8, 4) is 0 Å². The summed E-state index contributed by atoms with van der Waals surface area (Å²) in [5, 5.41) is 13.0. The van der Waals surface area contributed by atoms with Gasteiger partial charge in [-0.1, -0.05) is 18.2 Å². The van der Waals surface area contributed by atoms with Gasteiger partial charge in [-0.25, -0.2) is 5.43 Å². The first-order valence-corrected chi connectivity index (χ1v) is 5.23. The standard InChI is InChI=1S/C11H10N6/c1-2-12-16-11-14-10-9(15-17-11)7-5-3-4-6-8(7)13-10/h2-6H,1H3,(H2,13,14,16,17)/b12-2-. The molecule has 2 heterocycles. The minimum atomic E-state index is 0.377. The van der Waals surface area contributed by atoms with Crippen LogP contribution in [0.1, 0.15) is 6.92 Å². The lowest BCUT2D eigenvalue weighted by atomic mass is 10.2. The highest BCUT2D eigenvalue weighted by Crippen LogP contribution is 2.21. The van der Waals surface area contributed by atoms with Crippen LogP contribution in [0.5, 0.6) is 0 Å². The minimum absolute atomic E-state index is 0.377. The normalized spacial score (nSPS) is 11.6. The Hall–Kier alpha value is -2.50. The molecule has 2 N–H and O–H groups in total. The highest BCUT2D eigenvalue weighted by Gasteiger charge is 2.07. The summed E-state index contributed by atoms with van der Waals surface area (Å²) in [5.41, 5.74) is 5.17. The summed E-state index contributed by atoms with van der Waals surface area (Å²) in [6, 6.07) is 7.90. The summed E-state index contributed by atoms with van der Waals surface area (Å²) in [7, 11) is 0. The van der Waals surface area contributed by atoms with Gasteiger partial charge < -0.3 is 4.98 Å². The zero-order valence-electron chi connectivity index (χ0n) is 9.18. The number of para-hydroxylation sites is 1. The van der Waals surface area contributed by atoms with Gasteiger partial charge in [-0.2, -0.15) is 10.1 Å². The second kappa shape index (κ2) is 3.82. The molecule has 0 radical (unpaired) electrons. The predicted molar refractivity (Wildman–Crippen MR) is 67.0 cm³/mol. The number of aromatic amines is 1. The largest absolute Gasteiger partial charge is 0.338 e. The number of anilines is 1. The maximum absolute atomic E-state index is 4.30. The van der Waals surface area contributed by atoms with Crippen LogP contribution in [-0.2, 0) is 0 Å². The second-order valence-corrected chi connectivity index (χ2v) is 3.50. The van der Waals surface area contributed by atoms with Gasteiger partial charge in [0.2, 0.25) is 0 Å². The third-order valence-corrected chi connectivity index (χ3v) is 2.42. The summed E-state index contributed by atoms with van der Waals surface area (Å²) in [5.74, 6) is 0.377. The van der Waals surface area contributed by atoms with Gasteiger partial charge in [0, 0.05) is 17.1 Å². The molecule has 0 bridgehead atoms. The van der Waals surface area contributed by atoms with Gasteiger partial charge in [-0.05, 0) is 13.0 Å². The molecule has 0 spiro atoms. The van der Waals surface area contributed by atoms with Crippen molar-refractivity contribution in [1.82, 2.24) is 20.2 Å². The number of fused-ring (bicyclic) bond motifs is 3. The van der Waals surface area contributed by atoms with Gasteiger partial charge in [-0.15, -0.1) is 10.2 Å². The molecule has 0 aliphatic heterocycles. The quantitative estimate of drug-likeness (QED) is 0.517. The van der Waals surface area contributed by atoms with Gasteiger partial charge in [0.1, 0.15) is 5.52 Å². The molecule has 0 amide bonds. The molecule has 6 nitrogen and oxygen atoms in total. The molecule has 2 aromatic heterocycles. The minimum Gasteiger partial charge on any atom is -0.338 e. The molecule has 0 fully saturated rings. The SMILES string of the molecule is C/C=N\Nc1nnc2c(n1)[nH]c1ccccc12. The van der Waals surface area contributed by atoms with E-state index >= 15 is 0 Å². The van der Waals surface area contributed by atoms with Crippen molar-refractivity contribution in [2.45, 2.75) is 6.92 Å². The smallest absolute Gasteiger partial charge is 0.265 e. The lowest BCUT2D eigenvalue weighted by Crippen LogP contribution is -1.97. The van der Waals surface area contributed by atoms with Gasteiger partial charge in [0.25, 0.3) is 5.95 Å². The molecule has 0 aliphatic rings. The molecule has 0 saturated carbocycles. The van der Waals surface area contributed by atoms with Gasteiger partial charge >= 0.3 is 0 Å². The molecule has 3 rings (SSSR count). The predicted octanol–water partition coefficient (Wildman–Crippen LogP) is 1.92. The summed E-state index contributed by atoms with van der Waals surface area (Å²) in [4.78, 5) is 7.49. The first kappa shape index (κ1) is 9.71. The van der Waals surface area contributed by atoms with Crippen molar-refractivity contribution in [2.75, 3.05) is 5.43 Å². The van der Waals surface area contributed by atoms with E-state index in [-0.39, 0.29) is 0 Å². The Labute approximate surface area is 96.8 Å². The molecule has 1 aromatic carbocycles. The molecule has 0 aliphatic carbocycles. The zero-order valence-corrected chi connectivity index (χ0v) is 9.18. The lowest BCUT2D eigenvalue weighted by Gasteiger charge is -1.95. The molecule has 6 heteroatoms. The molecule has 0 atom stereocenters. The molecule has 17 heavy (non-hydrogen) atoms. The highest BCUT2D eigenvalue weighted by atomic mass is 15.4. The van der Waals surface area contributed by atoms with Crippen molar-refractivity contribution in [3.05, 3.63) is 24.3 Å². The Morgan fingerprint density at radius 3 is 3.06 bits per heavy atom. The van der Waals surface area contributed by atoms with Crippen molar-refractivity contribution in [2.24, 2.45) is 5.10 Å². The number of hydrogen-bond acceptors (Lipinski definition) is 5. The van der Waals surface area contributed by atoms with Gasteiger partial charge in [0.05, 0.1) is 0 Å². The van der Waals surface area contributed by atoms with Crippen LogP contribution in [0.4, 0.5) is 5.95 Å². The molecular weight excluding hydrogens is 216 g/mol. The number of hydrogen-bond donors (Lipinski definition) is 2. The summed E-state index contributed by atoms with van der Waals surface area (Å²) in [6.45, 7) is 1.81.